The number of sulfonamides is 1. The summed E-state index contributed by atoms with van der Waals surface area (Å²) in [7, 11) is -2.27. The summed E-state index contributed by atoms with van der Waals surface area (Å²) in [4.78, 5) is 12.4. The number of morpholine rings is 1. The molecule has 1 unspecified atom stereocenters. The smallest absolute Gasteiger partial charge is 0.243 e. The summed E-state index contributed by atoms with van der Waals surface area (Å²) >= 11 is 0. The van der Waals surface area contributed by atoms with E-state index in [9.17, 15) is 17.6 Å². The first-order valence-corrected chi connectivity index (χ1v) is 11.2. The van der Waals surface area contributed by atoms with Gasteiger partial charge in [0.1, 0.15) is 11.6 Å². The van der Waals surface area contributed by atoms with Crippen LogP contribution in [0, 0.1) is 5.82 Å². The highest BCUT2D eigenvalue weighted by Gasteiger charge is 2.27. The number of carbonyl (C=O) groups excluding carboxylic acids is 1. The second-order valence-electron chi connectivity index (χ2n) is 7.03. The first-order valence-electron chi connectivity index (χ1n) is 9.77. The van der Waals surface area contributed by atoms with Gasteiger partial charge in [0.05, 0.1) is 36.3 Å². The molecule has 1 amide bonds. The van der Waals surface area contributed by atoms with Crippen molar-refractivity contribution in [1.82, 2.24) is 4.31 Å². The molecule has 2 aromatic carbocycles. The molecule has 8 nitrogen and oxygen atoms in total. The molecule has 1 N–H and O–H groups in total. The van der Waals surface area contributed by atoms with Crippen LogP contribution in [-0.2, 0) is 24.3 Å². The largest absolute Gasteiger partial charge is 0.455 e. The topological polar surface area (TPSA) is 94.2 Å². The Morgan fingerprint density at radius 3 is 2.52 bits per heavy atom. The molecule has 10 heteroatoms. The monoisotopic (exact) mass is 452 g/mol. The maximum Gasteiger partial charge on any atom is 0.243 e. The molecular weight excluding hydrogens is 427 g/mol. The maximum absolute atomic E-state index is 13.2. The number of halogens is 1. The summed E-state index contributed by atoms with van der Waals surface area (Å²) in [5.74, 6) is -0.211. The van der Waals surface area contributed by atoms with Gasteiger partial charge in [-0.2, -0.15) is 4.31 Å². The number of anilines is 1. The van der Waals surface area contributed by atoms with Crippen LogP contribution >= 0.6 is 0 Å². The van der Waals surface area contributed by atoms with Crippen LogP contribution < -0.4 is 10.1 Å². The van der Waals surface area contributed by atoms with Crippen LogP contribution in [0.3, 0.4) is 0 Å². The SMILES string of the molecule is COC(C)CC(=O)Nc1cc(S(=O)(=O)N2CCOCC2)ccc1Oc1ccc(F)cc1. The number of methoxy groups -OCH3 is 1. The molecule has 168 valence electrons. The highest BCUT2D eigenvalue weighted by atomic mass is 32.2. The fourth-order valence-electron chi connectivity index (χ4n) is 2.97. The molecule has 1 aliphatic heterocycles. The van der Waals surface area contributed by atoms with Gasteiger partial charge in [0.2, 0.25) is 15.9 Å². The van der Waals surface area contributed by atoms with Crippen molar-refractivity contribution in [3.8, 4) is 11.5 Å². The lowest BCUT2D eigenvalue weighted by Crippen LogP contribution is -2.40. The molecule has 1 heterocycles. The lowest BCUT2D eigenvalue weighted by atomic mass is 10.2. The van der Waals surface area contributed by atoms with E-state index in [2.05, 4.69) is 5.32 Å². The molecular formula is C21H25FN2O6S. The lowest BCUT2D eigenvalue weighted by molar-refractivity contribution is -0.118. The van der Waals surface area contributed by atoms with Crippen LogP contribution in [0.5, 0.6) is 11.5 Å². The molecule has 0 radical (unpaired) electrons. The van der Waals surface area contributed by atoms with Crippen molar-refractivity contribution < 1.29 is 31.8 Å². The number of carbonyl (C=O) groups is 1. The average Bonchev–Trinajstić information content (AvgIpc) is 2.76. The third kappa shape index (κ3) is 6.01. The predicted molar refractivity (Wildman–Crippen MR) is 112 cm³/mol. The average molecular weight is 453 g/mol. The van der Waals surface area contributed by atoms with E-state index in [1.54, 1.807) is 6.92 Å². The minimum absolute atomic E-state index is 0.0240. The van der Waals surface area contributed by atoms with Crippen molar-refractivity contribution in [2.24, 2.45) is 0 Å². The molecule has 1 fully saturated rings. The number of hydrogen-bond acceptors (Lipinski definition) is 6. The van der Waals surface area contributed by atoms with Crippen molar-refractivity contribution in [1.29, 1.82) is 0 Å². The van der Waals surface area contributed by atoms with Crippen LogP contribution in [0.1, 0.15) is 13.3 Å². The van der Waals surface area contributed by atoms with Gasteiger partial charge in [0.25, 0.3) is 0 Å². The predicted octanol–water partition coefficient (Wildman–Crippen LogP) is 3.00. The molecule has 0 aliphatic carbocycles. The zero-order valence-electron chi connectivity index (χ0n) is 17.3. The quantitative estimate of drug-likeness (QED) is 0.662. The zero-order chi connectivity index (χ0) is 22.4. The number of amides is 1. The van der Waals surface area contributed by atoms with Gasteiger partial charge < -0.3 is 19.5 Å². The molecule has 1 saturated heterocycles. The van der Waals surface area contributed by atoms with Gasteiger partial charge in [-0.25, -0.2) is 12.8 Å². The minimum atomic E-state index is -3.77. The third-order valence-electron chi connectivity index (χ3n) is 4.75. The molecule has 0 aromatic heterocycles. The second-order valence-corrected chi connectivity index (χ2v) is 8.97. The molecule has 0 saturated carbocycles. The van der Waals surface area contributed by atoms with E-state index < -0.39 is 15.8 Å². The van der Waals surface area contributed by atoms with E-state index in [1.165, 1.54) is 53.9 Å². The van der Waals surface area contributed by atoms with Gasteiger partial charge in [0, 0.05) is 20.2 Å². The van der Waals surface area contributed by atoms with Gasteiger partial charge in [-0.1, -0.05) is 0 Å². The minimum Gasteiger partial charge on any atom is -0.455 e. The molecule has 0 spiro atoms. The first kappa shape index (κ1) is 23.1. The van der Waals surface area contributed by atoms with Crippen molar-refractivity contribution >= 4 is 21.6 Å². The Bertz CT molecular complexity index is 1010. The number of ether oxygens (including phenoxy) is 3. The normalized spacial score (nSPS) is 16.0. The van der Waals surface area contributed by atoms with E-state index in [0.717, 1.165) is 0 Å². The first-order chi connectivity index (χ1) is 14.8. The van der Waals surface area contributed by atoms with E-state index in [-0.39, 0.29) is 47.9 Å². The fourth-order valence-corrected chi connectivity index (χ4v) is 4.40. The van der Waals surface area contributed by atoms with Crippen molar-refractivity contribution in [2.45, 2.75) is 24.3 Å². The van der Waals surface area contributed by atoms with Gasteiger partial charge in [-0.05, 0) is 49.4 Å². The summed E-state index contributed by atoms with van der Waals surface area (Å²) in [5, 5.41) is 2.70. The number of nitrogens with one attached hydrogen (secondary N) is 1. The highest BCUT2D eigenvalue weighted by molar-refractivity contribution is 7.89. The Kier molecular flexibility index (Phi) is 7.60. The summed E-state index contributed by atoms with van der Waals surface area (Å²) in [6.07, 6.45) is -0.242. The third-order valence-corrected chi connectivity index (χ3v) is 6.64. The van der Waals surface area contributed by atoms with Gasteiger partial charge in [-0.15, -0.1) is 0 Å². The number of hydrogen-bond donors (Lipinski definition) is 1. The van der Waals surface area contributed by atoms with Crippen molar-refractivity contribution in [2.75, 3.05) is 38.7 Å². The second kappa shape index (κ2) is 10.2. The highest BCUT2D eigenvalue weighted by Crippen LogP contribution is 2.33. The van der Waals surface area contributed by atoms with E-state index in [1.807, 2.05) is 0 Å². The van der Waals surface area contributed by atoms with Crippen LogP contribution in [0.15, 0.2) is 47.4 Å². The molecule has 31 heavy (non-hydrogen) atoms. The van der Waals surface area contributed by atoms with E-state index in [4.69, 9.17) is 14.2 Å². The summed E-state index contributed by atoms with van der Waals surface area (Å²) in [6, 6.07) is 9.59. The molecule has 2 aromatic rings. The Labute approximate surface area is 181 Å². The number of nitrogens with zero attached hydrogens (tertiary/aromatic N) is 1. The van der Waals surface area contributed by atoms with Crippen LogP contribution in [0.2, 0.25) is 0 Å². The number of benzene rings is 2. The maximum atomic E-state index is 13.2. The molecule has 1 atom stereocenters. The van der Waals surface area contributed by atoms with Crippen LogP contribution in [-0.4, -0.2) is 58.1 Å². The lowest BCUT2D eigenvalue weighted by Gasteiger charge is -2.26. The molecule has 0 bridgehead atoms. The molecule has 3 rings (SSSR count). The Hall–Kier alpha value is -2.53. The van der Waals surface area contributed by atoms with Gasteiger partial charge in [-0.3, -0.25) is 4.79 Å². The standard InChI is InChI=1S/C21H25FN2O6S/c1-15(28-2)13-21(25)23-19-14-18(31(26,27)24-9-11-29-12-10-24)7-8-20(19)30-17-5-3-16(22)4-6-17/h3-8,14-15H,9-13H2,1-2H3,(H,23,25). The number of rotatable bonds is 8. The summed E-state index contributed by atoms with van der Waals surface area (Å²) < 4.78 is 56.7. The van der Waals surface area contributed by atoms with Gasteiger partial charge in [0.15, 0.2) is 5.75 Å². The Morgan fingerprint density at radius 1 is 1.19 bits per heavy atom. The van der Waals surface area contributed by atoms with Gasteiger partial charge >= 0.3 is 0 Å². The Balaban J connectivity index is 1.92. The van der Waals surface area contributed by atoms with E-state index in [0.29, 0.717) is 19.0 Å². The van der Waals surface area contributed by atoms with Crippen molar-refractivity contribution in [3.05, 3.63) is 48.3 Å². The summed E-state index contributed by atoms with van der Waals surface area (Å²) in [6.45, 7) is 2.90. The zero-order valence-corrected chi connectivity index (χ0v) is 18.2. The summed E-state index contributed by atoms with van der Waals surface area (Å²) in [5.41, 5.74) is 0.187. The van der Waals surface area contributed by atoms with Crippen LogP contribution in [0.4, 0.5) is 10.1 Å². The van der Waals surface area contributed by atoms with Crippen LogP contribution in [0.25, 0.3) is 0 Å². The fraction of sp³-hybridized carbons (Fsp3) is 0.381. The molecule has 1 aliphatic rings. The van der Waals surface area contributed by atoms with Crippen molar-refractivity contribution in [3.63, 3.8) is 0 Å². The Morgan fingerprint density at radius 2 is 1.87 bits per heavy atom. The van der Waals surface area contributed by atoms with E-state index >= 15 is 0 Å².